The Morgan fingerprint density at radius 3 is 2.00 bits per heavy atom. The fourth-order valence-electron chi connectivity index (χ4n) is 4.34. The lowest BCUT2D eigenvalue weighted by molar-refractivity contribution is 0.646. The average molecular weight is 346 g/mol. The predicted molar refractivity (Wildman–Crippen MR) is 109 cm³/mol. The molecule has 4 unspecified atom stereocenters. The largest absolute Gasteiger partial charge is 0.304 e. The van der Waals surface area contributed by atoms with Crippen molar-refractivity contribution in [2.75, 3.05) is 0 Å². The first-order valence-electron chi connectivity index (χ1n) is 9.29. The van der Waals surface area contributed by atoms with Crippen LogP contribution in [0.15, 0.2) is 72.1 Å². The van der Waals surface area contributed by atoms with Crippen LogP contribution in [0.2, 0.25) is 0 Å². The lowest BCUT2D eigenvalue weighted by atomic mass is 10.1. The second kappa shape index (κ2) is 6.10. The van der Waals surface area contributed by atoms with E-state index in [-0.39, 0.29) is 10.5 Å². The van der Waals surface area contributed by atoms with Gasteiger partial charge in [-0.15, -0.1) is 10.5 Å². The standard InChI is InChI=1S/C23H23NS/c24-21-13-14-25(23(21)20-15-19(20)16-11-12-16)22(17-7-3-1-4-8-17)18-9-5-2-6-10-18/h1-10,13-14,16,19-20,23-24H,11-12,15H2. The van der Waals surface area contributed by atoms with Crippen molar-refractivity contribution in [2.45, 2.75) is 24.5 Å². The molecule has 2 aromatic rings. The van der Waals surface area contributed by atoms with E-state index in [1.165, 1.54) is 35.3 Å². The monoisotopic (exact) mass is 345 g/mol. The summed E-state index contributed by atoms with van der Waals surface area (Å²) in [5.41, 5.74) is 3.48. The maximum atomic E-state index is 8.58. The van der Waals surface area contributed by atoms with Crippen LogP contribution < -0.4 is 0 Å². The smallest absolute Gasteiger partial charge is 0.0488 e. The molecule has 2 aliphatic carbocycles. The molecule has 2 fully saturated rings. The normalized spacial score (nSPS) is 30.5. The minimum atomic E-state index is -0.000417. The van der Waals surface area contributed by atoms with Crippen molar-refractivity contribution in [3.05, 3.63) is 83.3 Å². The predicted octanol–water partition coefficient (Wildman–Crippen LogP) is 5.49. The number of nitrogens with one attached hydrogen (secondary N) is 1. The highest BCUT2D eigenvalue weighted by Crippen LogP contribution is 2.60. The zero-order valence-electron chi connectivity index (χ0n) is 14.3. The van der Waals surface area contributed by atoms with Gasteiger partial charge in [0.2, 0.25) is 0 Å². The van der Waals surface area contributed by atoms with Crippen LogP contribution in [0.25, 0.3) is 0 Å². The molecule has 0 bridgehead atoms. The molecule has 5 rings (SSSR count). The van der Waals surface area contributed by atoms with E-state index in [0.717, 1.165) is 23.5 Å². The molecule has 1 nitrogen and oxygen atoms in total. The first kappa shape index (κ1) is 15.3. The van der Waals surface area contributed by atoms with Gasteiger partial charge in [-0.05, 0) is 59.6 Å². The summed E-state index contributed by atoms with van der Waals surface area (Å²) >= 11 is 0. The van der Waals surface area contributed by atoms with Crippen LogP contribution >= 0.6 is 10.5 Å². The van der Waals surface area contributed by atoms with Gasteiger partial charge in [0, 0.05) is 15.8 Å². The zero-order valence-corrected chi connectivity index (χ0v) is 15.1. The Hall–Kier alpha value is -1.93. The minimum Gasteiger partial charge on any atom is -0.304 e. The third kappa shape index (κ3) is 2.83. The summed E-state index contributed by atoms with van der Waals surface area (Å²) in [6.45, 7) is 0. The van der Waals surface area contributed by atoms with E-state index >= 15 is 0 Å². The molecule has 0 radical (unpaired) electrons. The molecule has 1 heterocycles. The van der Waals surface area contributed by atoms with Crippen LogP contribution in [0.3, 0.4) is 0 Å². The molecule has 2 heteroatoms. The summed E-state index contributed by atoms with van der Waals surface area (Å²) in [5, 5.41) is 11.3. The van der Waals surface area contributed by atoms with Gasteiger partial charge in [-0.2, -0.15) is 0 Å². The highest BCUT2D eigenvalue weighted by Gasteiger charge is 2.53. The van der Waals surface area contributed by atoms with Crippen LogP contribution in [0.5, 0.6) is 0 Å². The zero-order chi connectivity index (χ0) is 16.8. The maximum Gasteiger partial charge on any atom is 0.0488 e. The van der Waals surface area contributed by atoms with Gasteiger partial charge in [0.05, 0.1) is 0 Å². The van der Waals surface area contributed by atoms with Crippen molar-refractivity contribution in [3.63, 3.8) is 0 Å². The molecule has 2 saturated carbocycles. The second-order valence-corrected chi connectivity index (χ2v) is 9.44. The molecule has 25 heavy (non-hydrogen) atoms. The van der Waals surface area contributed by atoms with Crippen molar-refractivity contribution in [1.82, 2.24) is 0 Å². The lowest BCUT2D eigenvalue weighted by Crippen LogP contribution is -2.19. The van der Waals surface area contributed by atoms with E-state index in [9.17, 15) is 0 Å². The van der Waals surface area contributed by atoms with Gasteiger partial charge < -0.3 is 5.41 Å². The molecule has 0 amide bonds. The van der Waals surface area contributed by atoms with Gasteiger partial charge >= 0.3 is 0 Å². The second-order valence-electron chi connectivity index (χ2n) is 7.51. The van der Waals surface area contributed by atoms with E-state index in [1.54, 1.807) is 0 Å². The van der Waals surface area contributed by atoms with Crippen LogP contribution in [-0.4, -0.2) is 15.8 Å². The van der Waals surface area contributed by atoms with Gasteiger partial charge in [0.1, 0.15) is 0 Å². The molecule has 126 valence electrons. The maximum absolute atomic E-state index is 8.58. The number of hydrogen-bond donors (Lipinski definition) is 1. The Bertz CT molecular complexity index is 820. The van der Waals surface area contributed by atoms with Crippen molar-refractivity contribution in [3.8, 4) is 0 Å². The van der Waals surface area contributed by atoms with Crippen molar-refractivity contribution >= 4 is 21.1 Å². The SMILES string of the molecule is N=C1C=CS(=C(c2ccccc2)c2ccccc2)C1C1CC1C1CC1. The highest BCUT2D eigenvalue weighted by atomic mass is 32.2. The van der Waals surface area contributed by atoms with Crippen LogP contribution in [0.1, 0.15) is 30.4 Å². The molecule has 3 aliphatic rings. The lowest BCUT2D eigenvalue weighted by Gasteiger charge is -2.20. The minimum absolute atomic E-state index is 0.000417. The van der Waals surface area contributed by atoms with Gasteiger partial charge in [0.15, 0.2) is 0 Å². The first-order valence-corrected chi connectivity index (χ1v) is 10.6. The fraction of sp³-hybridized carbons (Fsp3) is 0.304. The Morgan fingerprint density at radius 1 is 0.840 bits per heavy atom. The van der Waals surface area contributed by atoms with E-state index in [1.807, 2.05) is 0 Å². The average Bonchev–Trinajstić information content (AvgIpc) is 3.56. The summed E-state index contributed by atoms with van der Waals surface area (Å²) in [7, 11) is -0.000417. The van der Waals surface area contributed by atoms with E-state index in [2.05, 4.69) is 72.1 Å². The molecule has 0 spiro atoms. The van der Waals surface area contributed by atoms with E-state index in [4.69, 9.17) is 5.41 Å². The topological polar surface area (TPSA) is 23.9 Å². The molecule has 0 saturated heterocycles. The van der Waals surface area contributed by atoms with Crippen molar-refractivity contribution in [1.29, 1.82) is 5.41 Å². The summed E-state index contributed by atoms with van der Waals surface area (Å²) < 4.78 is 0. The fourth-order valence-corrected chi connectivity index (χ4v) is 7.06. The molecule has 1 aliphatic heterocycles. The quantitative estimate of drug-likeness (QED) is 0.560. The van der Waals surface area contributed by atoms with Crippen LogP contribution in [0.4, 0.5) is 0 Å². The molecule has 1 N–H and O–H groups in total. The molecular formula is C23H23NS. The molecule has 4 atom stereocenters. The Kier molecular flexibility index (Phi) is 3.74. The molecule has 2 aromatic carbocycles. The van der Waals surface area contributed by atoms with E-state index < -0.39 is 0 Å². The Balaban J connectivity index is 1.63. The molecular weight excluding hydrogens is 322 g/mol. The van der Waals surface area contributed by atoms with E-state index in [0.29, 0.717) is 5.25 Å². The van der Waals surface area contributed by atoms with Gasteiger partial charge in [-0.3, -0.25) is 0 Å². The number of benzene rings is 2. The summed E-state index contributed by atoms with van der Waals surface area (Å²) in [6, 6.07) is 21.6. The first-order chi connectivity index (χ1) is 12.3. The summed E-state index contributed by atoms with van der Waals surface area (Å²) in [5.74, 6) is 2.61. The number of rotatable bonds is 4. The van der Waals surface area contributed by atoms with Gasteiger partial charge in [0.25, 0.3) is 0 Å². The Morgan fingerprint density at radius 2 is 1.44 bits per heavy atom. The molecule has 0 aromatic heterocycles. The number of hydrogen-bond acceptors (Lipinski definition) is 1. The number of allylic oxidation sites excluding steroid dienone is 1. The van der Waals surface area contributed by atoms with Gasteiger partial charge in [-0.25, -0.2) is 0 Å². The summed E-state index contributed by atoms with van der Waals surface area (Å²) in [4.78, 5) is 1.42. The van der Waals surface area contributed by atoms with Crippen molar-refractivity contribution < 1.29 is 0 Å². The van der Waals surface area contributed by atoms with Crippen LogP contribution in [0, 0.1) is 23.2 Å². The Labute approximate surface area is 152 Å². The van der Waals surface area contributed by atoms with Gasteiger partial charge in [-0.1, -0.05) is 60.7 Å². The highest BCUT2D eigenvalue weighted by molar-refractivity contribution is 8.20. The third-order valence-corrected chi connectivity index (χ3v) is 8.31. The van der Waals surface area contributed by atoms with Crippen molar-refractivity contribution in [2.24, 2.45) is 17.8 Å². The summed E-state index contributed by atoms with van der Waals surface area (Å²) in [6.07, 6.45) is 6.29. The third-order valence-electron chi connectivity index (χ3n) is 5.79. The van der Waals surface area contributed by atoms with Crippen LogP contribution in [-0.2, 0) is 0 Å².